The minimum Gasteiger partial charge on any atom is -0.466 e. The standard InChI is InChI=1S/C15H28O5/c1-5-9-10-15(6-2,13(16)18-7-3)11-12-20-14(17)19-8-4/h5-12H2,1-4H3. The predicted molar refractivity (Wildman–Crippen MR) is 76.5 cm³/mol. The molecule has 0 fully saturated rings. The molecule has 118 valence electrons. The van der Waals surface area contributed by atoms with Crippen LogP contribution < -0.4 is 0 Å². The maximum atomic E-state index is 12.2. The van der Waals surface area contributed by atoms with Gasteiger partial charge in [-0.15, -0.1) is 0 Å². The Kier molecular flexibility index (Phi) is 9.86. The highest BCUT2D eigenvalue weighted by Crippen LogP contribution is 2.34. The average Bonchev–Trinajstić information content (AvgIpc) is 2.43. The summed E-state index contributed by atoms with van der Waals surface area (Å²) in [7, 11) is 0. The van der Waals surface area contributed by atoms with E-state index in [4.69, 9.17) is 14.2 Å². The molecule has 0 aromatic rings. The summed E-state index contributed by atoms with van der Waals surface area (Å²) in [6.07, 6.45) is 3.19. The maximum absolute atomic E-state index is 12.2. The maximum Gasteiger partial charge on any atom is 0.508 e. The van der Waals surface area contributed by atoms with Gasteiger partial charge in [0.2, 0.25) is 0 Å². The molecule has 0 heterocycles. The van der Waals surface area contributed by atoms with Crippen LogP contribution in [0.1, 0.15) is 59.8 Å². The van der Waals surface area contributed by atoms with Gasteiger partial charge >= 0.3 is 12.1 Å². The number of carbonyl (C=O) groups is 2. The van der Waals surface area contributed by atoms with Crippen molar-refractivity contribution in [2.45, 2.75) is 59.8 Å². The van der Waals surface area contributed by atoms with Crippen LogP contribution in [0.25, 0.3) is 0 Å². The molecule has 5 nitrogen and oxygen atoms in total. The largest absolute Gasteiger partial charge is 0.508 e. The molecular weight excluding hydrogens is 260 g/mol. The van der Waals surface area contributed by atoms with E-state index >= 15 is 0 Å². The van der Waals surface area contributed by atoms with Crippen LogP contribution in [0.15, 0.2) is 0 Å². The van der Waals surface area contributed by atoms with Crippen LogP contribution in [0.5, 0.6) is 0 Å². The van der Waals surface area contributed by atoms with Gasteiger partial charge in [-0.2, -0.15) is 0 Å². The van der Waals surface area contributed by atoms with E-state index in [0.717, 1.165) is 19.3 Å². The molecule has 0 amide bonds. The van der Waals surface area contributed by atoms with Crippen molar-refractivity contribution in [3.8, 4) is 0 Å². The molecule has 0 N–H and O–H groups in total. The van der Waals surface area contributed by atoms with Gasteiger partial charge in [-0.1, -0.05) is 26.7 Å². The molecule has 5 heteroatoms. The second kappa shape index (κ2) is 10.5. The summed E-state index contributed by atoms with van der Waals surface area (Å²) in [4.78, 5) is 23.4. The number of unbranched alkanes of at least 4 members (excludes halogenated alkanes) is 1. The molecule has 0 aliphatic heterocycles. The number of ether oxygens (including phenoxy) is 3. The first kappa shape index (κ1) is 18.7. The number of hydrogen-bond acceptors (Lipinski definition) is 5. The first-order valence-corrected chi connectivity index (χ1v) is 7.53. The summed E-state index contributed by atoms with van der Waals surface area (Å²) in [5.74, 6) is -0.191. The molecule has 0 aromatic carbocycles. The summed E-state index contributed by atoms with van der Waals surface area (Å²) in [5.41, 5.74) is -0.557. The molecular formula is C15H28O5. The van der Waals surface area contributed by atoms with Crippen molar-refractivity contribution >= 4 is 12.1 Å². The highest BCUT2D eigenvalue weighted by molar-refractivity contribution is 5.76. The summed E-state index contributed by atoms with van der Waals surface area (Å²) < 4.78 is 14.9. The third-order valence-corrected chi connectivity index (χ3v) is 3.46. The minimum atomic E-state index is -0.683. The minimum absolute atomic E-state index is 0.176. The van der Waals surface area contributed by atoms with Gasteiger partial charge in [0.25, 0.3) is 0 Å². The quantitative estimate of drug-likeness (QED) is 0.574. The van der Waals surface area contributed by atoms with Gasteiger partial charge in [0.15, 0.2) is 0 Å². The van der Waals surface area contributed by atoms with Crippen LogP contribution in [-0.4, -0.2) is 31.9 Å². The predicted octanol–water partition coefficient (Wildman–Crippen LogP) is 3.70. The monoisotopic (exact) mass is 288 g/mol. The van der Waals surface area contributed by atoms with Crippen molar-refractivity contribution in [2.75, 3.05) is 19.8 Å². The zero-order valence-corrected chi connectivity index (χ0v) is 13.2. The Labute approximate surface area is 122 Å². The summed E-state index contributed by atoms with van der Waals surface area (Å²) >= 11 is 0. The lowest BCUT2D eigenvalue weighted by molar-refractivity contribution is -0.157. The van der Waals surface area contributed by atoms with Crippen molar-refractivity contribution < 1.29 is 23.8 Å². The fourth-order valence-corrected chi connectivity index (χ4v) is 2.12. The average molecular weight is 288 g/mol. The van der Waals surface area contributed by atoms with Crippen LogP contribution in [0, 0.1) is 5.41 Å². The van der Waals surface area contributed by atoms with Gasteiger partial charge in [0.1, 0.15) is 0 Å². The molecule has 0 aliphatic carbocycles. The van der Waals surface area contributed by atoms with Gasteiger partial charge in [-0.25, -0.2) is 4.79 Å². The Morgan fingerprint density at radius 1 is 0.900 bits per heavy atom. The van der Waals surface area contributed by atoms with Crippen LogP contribution in [-0.2, 0) is 19.0 Å². The SMILES string of the molecule is CCCCC(CC)(CCOC(=O)OCC)C(=O)OCC. The molecule has 1 unspecified atom stereocenters. The second-order valence-electron chi connectivity index (χ2n) is 4.74. The van der Waals surface area contributed by atoms with E-state index in [0.29, 0.717) is 19.4 Å². The van der Waals surface area contributed by atoms with Gasteiger partial charge in [0, 0.05) is 0 Å². The lowest BCUT2D eigenvalue weighted by Gasteiger charge is -2.30. The molecule has 0 spiro atoms. The van der Waals surface area contributed by atoms with Gasteiger partial charge in [-0.3, -0.25) is 4.79 Å². The lowest BCUT2D eigenvalue weighted by atomic mass is 9.77. The molecule has 0 aromatic heterocycles. The zero-order chi connectivity index (χ0) is 15.4. The lowest BCUT2D eigenvalue weighted by Crippen LogP contribution is -2.34. The van der Waals surface area contributed by atoms with Crippen LogP contribution in [0.4, 0.5) is 4.79 Å². The molecule has 1 atom stereocenters. The highest BCUT2D eigenvalue weighted by atomic mass is 16.7. The smallest absolute Gasteiger partial charge is 0.466 e. The Morgan fingerprint density at radius 3 is 2.05 bits per heavy atom. The van der Waals surface area contributed by atoms with Crippen molar-refractivity contribution in [1.29, 1.82) is 0 Å². The molecule has 0 bridgehead atoms. The third kappa shape index (κ3) is 6.26. The van der Waals surface area contributed by atoms with Gasteiger partial charge < -0.3 is 14.2 Å². The van der Waals surface area contributed by atoms with E-state index in [9.17, 15) is 9.59 Å². The number of rotatable bonds is 10. The van der Waals surface area contributed by atoms with E-state index < -0.39 is 11.6 Å². The van der Waals surface area contributed by atoms with Crippen LogP contribution >= 0.6 is 0 Å². The van der Waals surface area contributed by atoms with E-state index in [-0.39, 0.29) is 19.2 Å². The van der Waals surface area contributed by atoms with Crippen molar-refractivity contribution in [2.24, 2.45) is 5.41 Å². The van der Waals surface area contributed by atoms with Crippen molar-refractivity contribution in [1.82, 2.24) is 0 Å². The van der Waals surface area contributed by atoms with Gasteiger partial charge in [-0.05, 0) is 33.1 Å². The highest BCUT2D eigenvalue weighted by Gasteiger charge is 2.37. The fraction of sp³-hybridized carbons (Fsp3) is 0.867. The van der Waals surface area contributed by atoms with Gasteiger partial charge in [0.05, 0.1) is 25.2 Å². The fourth-order valence-electron chi connectivity index (χ4n) is 2.12. The van der Waals surface area contributed by atoms with Crippen LogP contribution in [0.2, 0.25) is 0 Å². The molecule has 0 saturated carbocycles. The van der Waals surface area contributed by atoms with E-state index in [1.807, 2.05) is 6.92 Å². The first-order chi connectivity index (χ1) is 9.56. The summed E-state index contributed by atoms with van der Waals surface area (Å²) in [6.45, 7) is 8.40. The van der Waals surface area contributed by atoms with Crippen LogP contribution in [0.3, 0.4) is 0 Å². The first-order valence-electron chi connectivity index (χ1n) is 7.53. The third-order valence-electron chi connectivity index (χ3n) is 3.46. The zero-order valence-electron chi connectivity index (χ0n) is 13.2. The molecule has 0 rings (SSSR count). The number of hydrogen-bond donors (Lipinski definition) is 0. The van der Waals surface area contributed by atoms with Crippen molar-refractivity contribution in [3.63, 3.8) is 0 Å². The Bertz CT molecular complexity index is 290. The Morgan fingerprint density at radius 2 is 1.55 bits per heavy atom. The molecule has 0 radical (unpaired) electrons. The Hall–Kier alpha value is -1.26. The molecule has 0 saturated heterocycles. The van der Waals surface area contributed by atoms with Crippen molar-refractivity contribution in [3.05, 3.63) is 0 Å². The summed E-state index contributed by atoms with van der Waals surface area (Å²) in [6, 6.07) is 0. The van der Waals surface area contributed by atoms with E-state index in [1.54, 1.807) is 13.8 Å². The molecule has 0 aliphatic rings. The summed E-state index contributed by atoms with van der Waals surface area (Å²) in [5, 5.41) is 0. The Balaban J connectivity index is 4.57. The number of esters is 1. The van der Waals surface area contributed by atoms with E-state index in [2.05, 4.69) is 6.92 Å². The van der Waals surface area contributed by atoms with E-state index in [1.165, 1.54) is 0 Å². The topological polar surface area (TPSA) is 61.8 Å². The molecule has 20 heavy (non-hydrogen) atoms. The second-order valence-corrected chi connectivity index (χ2v) is 4.74. The normalized spacial score (nSPS) is 13.4. The number of carbonyl (C=O) groups excluding carboxylic acids is 2.